The zero-order chi connectivity index (χ0) is 16.1. The van der Waals surface area contributed by atoms with Gasteiger partial charge < -0.3 is 15.0 Å². The first-order valence-corrected chi connectivity index (χ1v) is 6.65. The number of pyridine rings is 2. The molecule has 2 aromatic rings. The molecule has 0 aliphatic heterocycles. The van der Waals surface area contributed by atoms with Gasteiger partial charge in [-0.1, -0.05) is 11.6 Å². The van der Waals surface area contributed by atoms with Crippen molar-refractivity contribution in [2.24, 2.45) is 0 Å². The lowest BCUT2D eigenvalue weighted by Crippen LogP contribution is -2.30. The summed E-state index contributed by atoms with van der Waals surface area (Å²) in [7, 11) is 0. The Morgan fingerprint density at radius 2 is 2.14 bits per heavy atom. The van der Waals surface area contributed by atoms with Crippen LogP contribution in [0.3, 0.4) is 0 Å². The molecule has 0 saturated carbocycles. The number of carbonyl (C=O) groups excluding carboxylic acids is 2. The summed E-state index contributed by atoms with van der Waals surface area (Å²) in [5.41, 5.74) is -0.370. The van der Waals surface area contributed by atoms with Gasteiger partial charge in [0.15, 0.2) is 6.10 Å². The summed E-state index contributed by atoms with van der Waals surface area (Å²) in [6.07, 6.45) is 1.65. The summed E-state index contributed by atoms with van der Waals surface area (Å²) < 4.78 is 4.99. The number of carbonyl (C=O) groups is 2. The average molecular weight is 322 g/mol. The Kier molecular flexibility index (Phi) is 4.90. The number of aromatic nitrogens is 2. The minimum Gasteiger partial charge on any atom is -0.449 e. The number of aromatic amines is 1. The summed E-state index contributed by atoms with van der Waals surface area (Å²) in [6.45, 7) is 1.41. The number of anilines is 1. The monoisotopic (exact) mass is 321 g/mol. The molecule has 0 spiro atoms. The van der Waals surface area contributed by atoms with Crippen LogP contribution in [0.4, 0.5) is 5.82 Å². The van der Waals surface area contributed by atoms with Gasteiger partial charge in [0.1, 0.15) is 5.82 Å². The maximum absolute atomic E-state index is 11.9. The van der Waals surface area contributed by atoms with E-state index in [0.717, 1.165) is 6.07 Å². The highest BCUT2D eigenvalue weighted by Gasteiger charge is 2.19. The number of rotatable bonds is 4. The van der Waals surface area contributed by atoms with Gasteiger partial charge in [-0.05, 0) is 25.1 Å². The number of nitrogens with zero attached hydrogens (tertiary/aromatic N) is 1. The topological polar surface area (TPSA) is 101 Å². The van der Waals surface area contributed by atoms with E-state index in [9.17, 15) is 14.4 Å². The van der Waals surface area contributed by atoms with Crippen LogP contribution in [0.5, 0.6) is 0 Å². The largest absolute Gasteiger partial charge is 0.449 e. The van der Waals surface area contributed by atoms with Crippen molar-refractivity contribution >= 4 is 29.3 Å². The fourth-order valence-electron chi connectivity index (χ4n) is 1.53. The molecule has 0 aliphatic rings. The molecule has 22 heavy (non-hydrogen) atoms. The maximum atomic E-state index is 11.9. The van der Waals surface area contributed by atoms with Crippen LogP contribution in [0, 0.1) is 0 Å². The van der Waals surface area contributed by atoms with Crippen molar-refractivity contribution in [2.45, 2.75) is 13.0 Å². The molecule has 0 radical (unpaired) electrons. The molecule has 0 bridgehead atoms. The van der Waals surface area contributed by atoms with Gasteiger partial charge in [0, 0.05) is 18.5 Å². The summed E-state index contributed by atoms with van der Waals surface area (Å²) in [4.78, 5) is 41.1. The fraction of sp³-hybridized carbons (Fsp3) is 0.143. The van der Waals surface area contributed by atoms with Crippen LogP contribution in [0.15, 0.2) is 41.5 Å². The highest BCUT2D eigenvalue weighted by Crippen LogP contribution is 2.10. The summed E-state index contributed by atoms with van der Waals surface area (Å²) >= 11 is 5.69. The molecule has 8 heteroatoms. The van der Waals surface area contributed by atoms with Crippen LogP contribution in [-0.2, 0) is 9.53 Å². The van der Waals surface area contributed by atoms with Crippen LogP contribution >= 0.6 is 11.6 Å². The van der Waals surface area contributed by atoms with E-state index in [0.29, 0.717) is 5.02 Å². The quantitative estimate of drug-likeness (QED) is 0.833. The molecule has 114 valence electrons. The molecule has 7 nitrogen and oxygen atoms in total. The highest BCUT2D eigenvalue weighted by atomic mass is 35.5. The normalized spacial score (nSPS) is 11.5. The van der Waals surface area contributed by atoms with Crippen LogP contribution in [0.1, 0.15) is 17.3 Å². The van der Waals surface area contributed by atoms with Crippen LogP contribution in [0.25, 0.3) is 0 Å². The van der Waals surface area contributed by atoms with Crippen molar-refractivity contribution in [2.75, 3.05) is 5.32 Å². The molecule has 2 rings (SSSR count). The lowest BCUT2D eigenvalue weighted by atomic mass is 10.2. The van der Waals surface area contributed by atoms with Crippen molar-refractivity contribution in [3.8, 4) is 0 Å². The first-order valence-electron chi connectivity index (χ1n) is 6.28. The molecule has 1 atom stereocenters. The number of esters is 1. The number of halogens is 1. The van der Waals surface area contributed by atoms with E-state index >= 15 is 0 Å². The Balaban J connectivity index is 1.97. The number of H-pyrrole nitrogens is 1. The van der Waals surface area contributed by atoms with Crippen molar-refractivity contribution in [1.82, 2.24) is 9.97 Å². The summed E-state index contributed by atoms with van der Waals surface area (Å²) in [5.74, 6) is -1.03. The Morgan fingerprint density at radius 3 is 2.77 bits per heavy atom. The molecule has 0 saturated heterocycles. The van der Waals surface area contributed by atoms with Crippen LogP contribution in [-0.4, -0.2) is 27.9 Å². The number of amides is 1. The first kappa shape index (κ1) is 15.7. The number of nitrogens with one attached hydrogen (secondary N) is 2. The maximum Gasteiger partial charge on any atom is 0.339 e. The average Bonchev–Trinajstić information content (AvgIpc) is 2.49. The Morgan fingerprint density at radius 1 is 1.36 bits per heavy atom. The second kappa shape index (κ2) is 6.86. The standard InChI is InChI=1S/C14H12ClN3O4/c1-8(13(20)18-11-3-2-10(15)7-17-11)22-14(21)9-4-5-16-12(19)6-9/h2-8H,1H3,(H,16,19)(H,17,18,20)/t8-/m0/s1. The number of ether oxygens (including phenoxy) is 1. The third-order valence-corrected chi connectivity index (χ3v) is 2.87. The van der Waals surface area contributed by atoms with Gasteiger partial charge in [-0.3, -0.25) is 9.59 Å². The van der Waals surface area contributed by atoms with E-state index in [2.05, 4.69) is 15.3 Å². The molecular formula is C14H12ClN3O4. The van der Waals surface area contributed by atoms with Crippen molar-refractivity contribution < 1.29 is 14.3 Å². The third kappa shape index (κ3) is 4.16. The van der Waals surface area contributed by atoms with Gasteiger partial charge in [0.25, 0.3) is 5.91 Å². The molecule has 0 unspecified atom stereocenters. The predicted octanol–water partition coefficient (Wildman–Crippen LogP) is 1.61. The Hall–Kier alpha value is -2.67. The summed E-state index contributed by atoms with van der Waals surface area (Å²) in [6, 6.07) is 5.56. The van der Waals surface area contributed by atoms with Crippen molar-refractivity contribution in [3.63, 3.8) is 0 Å². The lowest BCUT2D eigenvalue weighted by molar-refractivity contribution is -0.123. The van der Waals surface area contributed by atoms with Gasteiger partial charge >= 0.3 is 5.97 Å². The number of hydrogen-bond acceptors (Lipinski definition) is 5. The van der Waals surface area contributed by atoms with Gasteiger partial charge in [0.2, 0.25) is 5.56 Å². The van der Waals surface area contributed by atoms with Gasteiger partial charge in [-0.25, -0.2) is 9.78 Å². The second-order valence-electron chi connectivity index (χ2n) is 4.34. The molecule has 2 aromatic heterocycles. The summed E-state index contributed by atoms with van der Waals surface area (Å²) in [5, 5.41) is 2.92. The highest BCUT2D eigenvalue weighted by molar-refractivity contribution is 6.30. The van der Waals surface area contributed by atoms with E-state index in [1.165, 1.54) is 31.5 Å². The van der Waals surface area contributed by atoms with Gasteiger partial charge in [-0.15, -0.1) is 0 Å². The zero-order valence-corrected chi connectivity index (χ0v) is 12.3. The van der Waals surface area contributed by atoms with E-state index in [1.807, 2.05) is 0 Å². The van der Waals surface area contributed by atoms with Crippen molar-refractivity contribution in [3.05, 3.63) is 57.6 Å². The van der Waals surface area contributed by atoms with Gasteiger partial charge in [-0.2, -0.15) is 0 Å². The number of hydrogen-bond donors (Lipinski definition) is 2. The molecular weight excluding hydrogens is 310 g/mol. The van der Waals surface area contributed by atoms with E-state index in [4.69, 9.17) is 16.3 Å². The molecule has 2 N–H and O–H groups in total. The minimum atomic E-state index is -1.05. The van der Waals surface area contributed by atoms with Crippen LogP contribution in [0.2, 0.25) is 5.02 Å². The van der Waals surface area contributed by atoms with E-state index < -0.39 is 23.5 Å². The first-order chi connectivity index (χ1) is 10.5. The molecule has 0 fully saturated rings. The smallest absolute Gasteiger partial charge is 0.339 e. The zero-order valence-electron chi connectivity index (χ0n) is 11.5. The molecule has 1 amide bonds. The second-order valence-corrected chi connectivity index (χ2v) is 4.78. The van der Waals surface area contributed by atoms with E-state index in [1.54, 1.807) is 6.07 Å². The van der Waals surface area contributed by atoms with Gasteiger partial charge in [0.05, 0.1) is 10.6 Å². The SMILES string of the molecule is C[C@H](OC(=O)c1cc[nH]c(=O)c1)C(=O)Nc1ccc(Cl)cn1. The van der Waals surface area contributed by atoms with Crippen molar-refractivity contribution in [1.29, 1.82) is 0 Å². The lowest BCUT2D eigenvalue weighted by Gasteiger charge is -2.13. The Bertz CT molecular complexity index is 742. The molecule has 0 aliphatic carbocycles. The molecule has 0 aromatic carbocycles. The third-order valence-electron chi connectivity index (χ3n) is 2.64. The fourth-order valence-corrected chi connectivity index (χ4v) is 1.64. The minimum absolute atomic E-state index is 0.0630. The predicted molar refractivity (Wildman–Crippen MR) is 79.8 cm³/mol. The Labute approximate surface area is 130 Å². The van der Waals surface area contributed by atoms with Crippen LogP contribution < -0.4 is 10.9 Å². The molecule has 2 heterocycles. The van der Waals surface area contributed by atoms with E-state index in [-0.39, 0.29) is 11.4 Å².